The summed E-state index contributed by atoms with van der Waals surface area (Å²) in [6.45, 7) is 0. The first kappa shape index (κ1) is 6.75. The summed E-state index contributed by atoms with van der Waals surface area (Å²) in [5.74, 6) is 0.720. The van der Waals surface area contributed by atoms with E-state index in [1.54, 1.807) is 0 Å². The maximum atomic E-state index is 6.87. The monoisotopic (exact) mass is 126 g/mol. The molecule has 1 rings (SSSR count). The Kier molecular flexibility index (Phi) is 2.22. The third kappa shape index (κ3) is 1.79. The molecule has 1 aliphatic carbocycles. The van der Waals surface area contributed by atoms with E-state index in [1.165, 1.54) is 19.1 Å². The van der Waals surface area contributed by atoms with Gasteiger partial charge in [0, 0.05) is 6.04 Å². The molecule has 9 heavy (non-hydrogen) atoms. The molecule has 0 radical (unpaired) electrons. The molecule has 0 saturated heterocycles. The van der Waals surface area contributed by atoms with Crippen molar-refractivity contribution in [3.8, 4) is 0 Å². The van der Waals surface area contributed by atoms with Crippen LogP contribution in [0.25, 0.3) is 0 Å². The molecular weight excluding hydrogens is 112 g/mol. The molecule has 1 saturated carbocycles. The molecule has 0 amide bonds. The minimum atomic E-state index is 0.426. The van der Waals surface area contributed by atoms with Crippen molar-refractivity contribution in [2.75, 3.05) is 0 Å². The van der Waals surface area contributed by atoms with E-state index in [9.17, 15) is 0 Å². The smallest absolute Gasteiger partial charge is 0.00416 e. The van der Waals surface area contributed by atoms with E-state index in [2.05, 4.69) is 0 Å². The molecule has 1 aliphatic rings. The Bertz CT molecular complexity index is 101. The molecule has 0 aromatic heterocycles. The zero-order valence-corrected chi connectivity index (χ0v) is 5.64. The van der Waals surface area contributed by atoms with Crippen LogP contribution in [0.1, 0.15) is 25.7 Å². The van der Waals surface area contributed by atoms with Gasteiger partial charge in [0.1, 0.15) is 0 Å². The van der Waals surface area contributed by atoms with Crippen molar-refractivity contribution in [3.63, 3.8) is 0 Å². The van der Waals surface area contributed by atoms with E-state index in [0.717, 1.165) is 18.8 Å². The lowest BCUT2D eigenvalue weighted by Gasteiger charge is -2.02. The topological polar surface area (TPSA) is 49.9 Å². The number of nitrogens with two attached hydrogens (primary N) is 1. The van der Waals surface area contributed by atoms with E-state index in [0.29, 0.717) is 6.04 Å². The fraction of sp³-hybridized carbons (Fsp3) is 0.857. The SMILES string of the molecule is N=CCC1CCC(N)C1. The second-order valence-corrected chi connectivity index (χ2v) is 2.88. The van der Waals surface area contributed by atoms with Crippen LogP contribution in [0.2, 0.25) is 0 Å². The van der Waals surface area contributed by atoms with Gasteiger partial charge in [0.15, 0.2) is 0 Å². The van der Waals surface area contributed by atoms with Crippen LogP contribution >= 0.6 is 0 Å². The average molecular weight is 126 g/mol. The summed E-state index contributed by atoms with van der Waals surface area (Å²) in [6, 6.07) is 0.426. The Balaban J connectivity index is 2.21. The van der Waals surface area contributed by atoms with Crippen LogP contribution in [-0.4, -0.2) is 12.3 Å². The van der Waals surface area contributed by atoms with Gasteiger partial charge in [-0.2, -0.15) is 0 Å². The van der Waals surface area contributed by atoms with Gasteiger partial charge in [-0.1, -0.05) is 0 Å². The molecule has 2 nitrogen and oxygen atoms in total. The summed E-state index contributed by atoms with van der Waals surface area (Å²) in [4.78, 5) is 0. The minimum Gasteiger partial charge on any atom is -0.328 e. The molecule has 2 atom stereocenters. The summed E-state index contributed by atoms with van der Waals surface area (Å²) >= 11 is 0. The fourth-order valence-electron chi connectivity index (χ4n) is 1.49. The van der Waals surface area contributed by atoms with Crippen molar-refractivity contribution >= 4 is 6.21 Å². The fourth-order valence-corrected chi connectivity index (χ4v) is 1.49. The number of rotatable bonds is 2. The maximum Gasteiger partial charge on any atom is 0.00416 e. The van der Waals surface area contributed by atoms with Gasteiger partial charge in [0.05, 0.1) is 0 Å². The largest absolute Gasteiger partial charge is 0.328 e. The van der Waals surface area contributed by atoms with E-state index < -0.39 is 0 Å². The Morgan fingerprint density at radius 2 is 2.33 bits per heavy atom. The molecule has 52 valence electrons. The van der Waals surface area contributed by atoms with Gasteiger partial charge in [-0.25, -0.2) is 0 Å². The van der Waals surface area contributed by atoms with Crippen molar-refractivity contribution < 1.29 is 0 Å². The Hall–Kier alpha value is -0.370. The van der Waals surface area contributed by atoms with Gasteiger partial charge in [0.25, 0.3) is 0 Å². The van der Waals surface area contributed by atoms with E-state index in [1.807, 2.05) is 0 Å². The molecule has 3 N–H and O–H groups in total. The Labute approximate surface area is 55.9 Å². The third-order valence-corrected chi connectivity index (χ3v) is 2.03. The quantitative estimate of drug-likeness (QED) is 0.536. The summed E-state index contributed by atoms with van der Waals surface area (Å²) in [5.41, 5.74) is 5.68. The van der Waals surface area contributed by atoms with Crippen molar-refractivity contribution in [1.29, 1.82) is 5.41 Å². The van der Waals surface area contributed by atoms with Crippen LogP contribution in [0.3, 0.4) is 0 Å². The van der Waals surface area contributed by atoms with Gasteiger partial charge in [-0.15, -0.1) is 0 Å². The van der Waals surface area contributed by atoms with Crippen LogP contribution < -0.4 is 5.73 Å². The standard InChI is InChI=1S/C7H14N2/c8-4-3-6-1-2-7(9)5-6/h4,6-8H,1-3,5,9H2. The van der Waals surface area contributed by atoms with Crippen LogP contribution in [0.5, 0.6) is 0 Å². The van der Waals surface area contributed by atoms with Gasteiger partial charge >= 0.3 is 0 Å². The van der Waals surface area contributed by atoms with Gasteiger partial charge in [-0.3, -0.25) is 0 Å². The Morgan fingerprint density at radius 3 is 2.78 bits per heavy atom. The van der Waals surface area contributed by atoms with E-state index >= 15 is 0 Å². The van der Waals surface area contributed by atoms with Crippen molar-refractivity contribution in [2.24, 2.45) is 11.7 Å². The molecule has 0 aliphatic heterocycles. The normalized spacial score (nSPS) is 34.8. The van der Waals surface area contributed by atoms with Crippen LogP contribution in [0, 0.1) is 11.3 Å². The van der Waals surface area contributed by atoms with Gasteiger partial charge in [0.2, 0.25) is 0 Å². The summed E-state index contributed by atoms with van der Waals surface area (Å²) in [6.07, 6.45) is 5.97. The first-order chi connectivity index (χ1) is 4.33. The lowest BCUT2D eigenvalue weighted by molar-refractivity contribution is 0.563. The zero-order valence-electron chi connectivity index (χ0n) is 5.64. The zero-order chi connectivity index (χ0) is 6.69. The summed E-state index contributed by atoms with van der Waals surface area (Å²) < 4.78 is 0. The highest BCUT2D eigenvalue weighted by molar-refractivity contribution is 5.53. The predicted molar refractivity (Wildman–Crippen MR) is 38.7 cm³/mol. The van der Waals surface area contributed by atoms with Gasteiger partial charge < -0.3 is 11.1 Å². The molecule has 0 aromatic carbocycles. The number of nitrogens with one attached hydrogen (secondary N) is 1. The van der Waals surface area contributed by atoms with Crippen molar-refractivity contribution in [1.82, 2.24) is 0 Å². The first-order valence-electron chi connectivity index (χ1n) is 3.57. The van der Waals surface area contributed by atoms with E-state index in [4.69, 9.17) is 11.1 Å². The average Bonchev–Trinajstić information content (AvgIpc) is 2.17. The van der Waals surface area contributed by atoms with Crippen LogP contribution in [0.4, 0.5) is 0 Å². The Morgan fingerprint density at radius 1 is 1.56 bits per heavy atom. The second kappa shape index (κ2) is 2.97. The first-order valence-corrected chi connectivity index (χ1v) is 3.57. The predicted octanol–water partition coefficient (Wildman–Crippen LogP) is 1.15. The highest BCUT2D eigenvalue weighted by Crippen LogP contribution is 2.25. The molecule has 0 spiro atoms. The molecule has 2 unspecified atom stereocenters. The number of hydrogen-bond acceptors (Lipinski definition) is 2. The molecule has 0 aromatic rings. The maximum absolute atomic E-state index is 6.87. The third-order valence-electron chi connectivity index (χ3n) is 2.03. The molecule has 1 fully saturated rings. The number of hydrogen-bond donors (Lipinski definition) is 2. The van der Waals surface area contributed by atoms with Crippen molar-refractivity contribution in [3.05, 3.63) is 0 Å². The second-order valence-electron chi connectivity index (χ2n) is 2.88. The minimum absolute atomic E-state index is 0.426. The summed E-state index contributed by atoms with van der Waals surface area (Å²) in [5, 5.41) is 6.87. The van der Waals surface area contributed by atoms with E-state index in [-0.39, 0.29) is 0 Å². The molecular formula is C7H14N2. The van der Waals surface area contributed by atoms with Crippen LogP contribution in [-0.2, 0) is 0 Å². The summed E-state index contributed by atoms with van der Waals surface area (Å²) in [7, 11) is 0. The molecule has 0 bridgehead atoms. The molecule has 2 heteroatoms. The van der Waals surface area contributed by atoms with Crippen molar-refractivity contribution in [2.45, 2.75) is 31.7 Å². The highest BCUT2D eigenvalue weighted by Gasteiger charge is 2.19. The van der Waals surface area contributed by atoms with Crippen LogP contribution in [0.15, 0.2) is 0 Å². The van der Waals surface area contributed by atoms with Gasteiger partial charge in [-0.05, 0) is 37.8 Å². The lowest BCUT2D eigenvalue weighted by atomic mass is 10.1. The molecule has 0 heterocycles. The highest BCUT2D eigenvalue weighted by atomic mass is 14.6. The lowest BCUT2D eigenvalue weighted by Crippen LogP contribution is -2.14.